The molecular weight excluding hydrogens is 260 g/mol. The zero-order valence-electron chi connectivity index (χ0n) is 12.4. The molecule has 0 spiro atoms. The van der Waals surface area contributed by atoms with Crippen LogP contribution in [-0.4, -0.2) is 29.9 Å². The molecule has 0 saturated carbocycles. The molecule has 1 unspecified atom stereocenters. The minimum atomic E-state index is -1.37. The van der Waals surface area contributed by atoms with E-state index in [1.54, 1.807) is 0 Å². The highest BCUT2D eigenvalue weighted by atomic mass is 16.5. The van der Waals surface area contributed by atoms with Crippen LogP contribution in [0.3, 0.4) is 0 Å². The molecule has 0 radical (unpaired) electrons. The minimum absolute atomic E-state index is 0.0309. The van der Waals surface area contributed by atoms with Gasteiger partial charge in [-0.25, -0.2) is 0 Å². The molecule has 0 N–H and O–H groups in total. The molecule has 0 aliphatic carbocycles. The summed E-state index contributed by atoms with van der Waals surface area (Å²) in [7, 11) is 0. The Bertz CT molecular complexity index is 488. The number of hydrogen-bond donors (Lipinski definition) is 0. The average molecular weight is 280 g/mol. The number of rotatable bonds is 6. The normalized spacial score (nSPS) is 22.3. The van der Waals surface area contributed by atoms with Gasteiger partial charge in [0.05, 0.1) is 6.61 Å². The second-order valence-electron chi connectivity index (χ2n) is 5.54. The van der Waals surface area contributed by atoms with Gasteiger partial charge in [-0.2, -0.15) is 0 Å². The first-order valence-corrected chi connectivity index (χ1v) is 6.47. The number of hydrogen-bond acceptors (Lipinski definition) is 5. The van der Waals surface area contributed by atoms with Gasteiger partial charge in [-0.05, 0) is 34.1 Å². The van der Waals surface area contributed by atoms with Crippen LogP contribution >= 0.6 is 0 Å². The van der Waals surface area contributed by atoms with Gasteiger partial charge in [-0.15, -0.1) is 0 Å². The Morgan fingerprint density at radius 1 is 1.25 bits per heavy atom. The SMILES string of the molecule is C=C(CC1(C(C)=O)CCOC1=O)C(C)(C(C)=O)C(C)=O. The van der Waals surface area contributed by atoms with Gasteiger partial charge in [0.2, 0.25) is 0 Å². The van der Waals surface area contributed by atoms with Gasteiger partial charge in [-0.3, -0.25) is 19.2 Å². The van der Waals surface area contributed by atoms with E-state index in [-0.39, 0.29) is 42.4 Å². The molecule has 1 rings (SSSR count). The van der Waals surface area contributed by atoms with Crippen molar-refractivity contribution in [3.63, 3.8) is 0 Å². The summed E-state index contributed by atoms with van der Waals surface area (Å²) < 4.78 is 4.89. The lowest BCUT2D eigenvalue weighted by molar-refractivity contribution is -0.151. The topological polar surface area (TPSA) is 77.5 Å². The molecule has 20 heavy (non-hydrogen) atoms. The molecule has 0 aromatic rings. The smallest absolute Gasteiger partial charge is 0.320 e. The van der Waals surface area contributed by atoms with Crippen LogP contribution in [0, 0.1) is 10.8 Å². The molecule has 1 saturated heterocycles. The predicted octanol–water partition coefficient (Wildman–Crippen LogP) is 1.64. The van der Waals surface area contributed by atoms with Gasteiger partial charge >= 0.3 is 5.97 Å². The van der Waals surface area contributed by atoms with Gasteiger partial charge in [-0.1, -0.05) is 12.2 Å². The van der Waals surface area contributed by atoms with Crippen molar-refractivity contribution in [2.75, 3.05) is 6.61 Å². The quantitative estimate of drug-likeness (QED) is 0.420. The fraction of sp³-hybridized carbons (Fsp3) is 0.600. The van der Waals surface area contributed by atoms with E-state index in [4.69, 9.17) is 4.74 Å². The van der Waals surface area contributed by atoms with Crippen LogP contribution in [0.25, 0.3) is 0 Å². The van der Waals surface area contributed by atoms with E-state index >= 15 is 0 Å². The Morgan fingerprint density at radius 3 is 2.05 bits per heavy atom. The standard InChI is InChI=1S/C15H20O5/c1-9(14(5,10(2)16)11(3)17)8-15(12(4)18)6-7-20-13(15)19/h1,6-8H2,2-5H3. The number of carbonyl (C=O) groups excluding carboxylic acids is 4. The number of ether oxygens (including phenoxy) is 1. The van der Waals surface area contributed by atoms with Crippen LogP contribution in [-0.2, 0) is 23.9 Å². The van der Waals surface area contributed by atoms with Crippen LogP contribution in [0.5, 0.6) is 0 Å². The van der Waals surface area contributed by atoms with Crippen molar-refractivity contribution in [2.24, 2.45) is 10.8 Å². The van der Waals surface area contributed by atoms with Crippen molar-refractivity contribution in [2.45, 2.75) is 40.5 Å². The van der Waals surface area contributed by atoms with Crippen molar-refractivity contribution in [3.05, 3.63) is 12.2 Å². The first-order chi connectivity index (χ1) is 9.09. The zero-order valence-corrected chi connectivity index (χ0v) is 12.4. The summed E-state index contributed by atoms with van der Waals surface area (Å²) in [4.78, 5) is 47.3. The van der Waals surface area contributed by atoms with E-state index in [0.717, 1.165) is 0 Å². The molecule has 1 atom stereocenters. The van der Waals surface area contributed by atoms with Crippen molar-refractivity contribution >= 4 is 23.3 Å². The molecular formula is C15H20O5. The van der Waals surface area contributed by atoms with Gasteiger partial charge in [0.1, 0.15) is 28.2 Å². The van der Waals surface area contributed by atoms with Crippen molar-refractivity contribution in [1.29, 1.82) is 0 Å². The third-order valence-electron chi connectivity index (χ3n) is 4.46. The Balaban J connectivity index is 3.16. The maximum absolute atomic E-state index is 11.9. The minimum Gasteiger partial charge on any atom is -0.465 e. The second-order valence-corrected chi connectivity index (χ2v) is 5.54. The van der Waals surface area contributed by atoms with Crippen molar-refractivity contribution in [1.82, 2.24) is 0 Å². The van der Waals surface area contributed by atoms with Gasteiger partial charge in [0.25, 0.3) is 0 Å². The largest absolute Gasteiger partial charge is 0.465 e. The highest BCUT2D eigenvalue weighted by molar-refractivity contribution is 6.09. The molecule has 5 nitrogen and oxygen atoms in total. The van der Waals surface area contributed by atoms with Gasteiger partial charge in [0.15, 0.2) is 0 Å². The molecule has 110 valence electrons. The lowest BCUT2D eigenvalue weighted by atomic mass is 9.67. The fourth-order valence-electron chi connectivity index (χ4n) is 2.45. The maximum Gasteiger partial charge on any atom is 0.320 e. The van der Waals surface area contributed by atoms with Crippen LogP contribution < -0.4 is 0 Å². The van der Waals surface area contributed by atoms with Crippen LogP contribution in [0.15, 0.2) is 12.2 Å². The van der Waals surface area contributed by atoms with E-state index in [2.05, 4.69) is 6.58 Å². The fourth-order valence-corrected chi connectivity index (χ4v) is 2.45. The van der Waals surface area contributed by atoms with Crippen LogP contribution in [0.1, 0.15) is 40.5 Å². The first-order valence-electron chi connectivity index (χ1n) is 6.47. The predicted molar refractivity (Wildman–Crippen MR) is 71.9 cm³/mol. The number of carbonyl (C=O) groups is 4. The Kier molecular flexibility index (Phi) is 4.32. The Labute approximate surface area is 118 Å². The highest BCUT2D eigenvalue weighted by Crippen LogP contribution is 2.42. The number of esters is 1. The average Bonchev–Trinajstić information content (AvgIpc) is 2.70. The third kappa shape index (κ3) is 2.32. The van der Waals surface area contributed by atoms with E-state index in [1.165, 1.54) is 27.7 Å². The van der Waals surface area contributed by atoms with Crippen LogP contribution in [0.4, 0.5) is 0 Å². The van der Waals surface area contributed by atoms with Gasteiger partial charge in [0, 0.05) is 6.42 Å². The molecule has 0 aromatic heterocycles. The summed E-state index contributed by atoms with van der Waals surface area (Å²) in [6, 6.07) is 0. The summed E-state index contributed by atoms with van der Waals surface area (Å²) in [5.74, 6) is -1.61. The van der Waals surface area contributed by atoms with Gasteiger partial charge < -0.3 is 4.74 Å². The summed E-state index contributed by atoms with van der Waals surface area (Å²) >= 11 is 0. The summed E-state index contributed by atoms with van der Waals surface area (Å²) in [5.41, 5.74) is -2.39. The lowest BCUT2D eigenvalue weighted by Gasteiger charge is -2.31. The first kappa shape index (κ1) is 16.3. The van der Waals surface area contributed by atoms with Crippen LogP contribution in [0.2, 0.25) is 0 Å². The Morgan fingerprint density at radius 2 is 1.75 bits per heavy atom. The summed E-state index contributed by atoms with van der Waals surface area (Å²) in [6.07, 6.45) is 0.225. The summed E-state index contributed by atoms with van der Waals surface area (Å²) in [6.45, 7) is 9.37. The highest BCUT2D eigenvalue weighted by Gasteiger charge is 2.52. The van der Waals surface area contributed by atoms with E-state index in [9.17, 15) is 19.2 Å². The molecule has 1 aliphatic rings. The number of allylic oxidation sites excluding steroid dienone is 1. The van der Waals surface area contributed by atoms with E-state index in [1.807, 2.05) is 0 Å². The molecule has 0 aromatic carbocycles. The van der Waals surface area contributed by atoms with Crippen molar-refractivity contribution < 1.29 is 23.9 Å². The monoisotopic (exact) mass is 280 g/mol. The van der Waals surface area contributed by atoms with E-state index < -0.39 is 16.8 Å². The molecule has 5 heteroatoms. The number of ketones is 3. The third-order valence-corrected chi connectivity index (χ3v) is 4.46. The van der Waals surface area contributed by atoms with Crippen molar-refractivity contribution in [3.8, 4) is 0 Å². The molecule has 1 fully saturated rings. The summed E-state index contributed by atoms with van der Waals surface area (Å²) in [5, 5.41) is 0. The maximum atomic E-state index is 11.9. The molecule has 1 aliphatic heterocycles. The molecule has 0 amide bonds. The van der Waals surface area contributed by atoms with E-state index in [0.29, 0.717) is 0 Å². The Hall–Kier alpha value is -1.78. The second kappa shape index (κ2) is 5.31. The number of cyclic esters (lactones) is 1. The number of Topliss-reactive ketones (excluding diaryl/α,β-unsaturated/α-hetero) is 3. The molecule has 1 heterocycles. The molecule has 0 bridgehead atoms. The zero-order chi connectivity index (χ0) is 15.7. The lowest BCUT2D eigenvalue weighted by Crippen LogP contribution is -2.41.